The van der Waals surface area contributed by atoms with E-state index in [1.165, 1.54) is 161 Å². The lowest BCUT2D eigenvalue weighted by atomic mass is 9.99. The summed E-state index contributed by atoms with van der Waals surface area (Å²) in [4.78, 5) is 25.0. The molecule has 1 aliphatic rings. The van der Waals surface area contributed by atoms with Gasteiger partial charge in [-0.15, -0.1) is 0 Å². The van der Waals surface area contributed by atoms with Crippen LogP contribution in [0.3, 0.4) is 0 Å². The van der Waals surface area contributed by atoms with Crippen LogP contribution < -0.4 is 5.32 Å². The van der Waals surface area contributed by atoms with Crippen LogP contribution in [0.1, 0.15) is 258 Å². The Bertz CT molecular complexity index is 1090. The summed E-state index contributed by atoms with van der Waals surface area (Å²) in [6, 6.07) is -0.817. The number of allylic oxidation sites excluding steroid dienone is 1. The second-order valence-electron chi connectivity index (χ2n) is 19.3. The standard InChI is InChI=1S/C54H103NO10/c1-3-5-7-9-11-13-14-15-16-19-22-26-30-34-38-42-50(59)63-43-39-35-31-27-23-20-17-18-21-25-29-33-37-41-49(58)55-46(47(57)40-36-32-28-24-12-10-8-6-4-2)45-64-54-53(62)52(61)51(60)48(44-56)65-54/h36,40,46-48,51-54,56-57,60-62H,3-35,37-39,41-45H2,1-2H3,(H,55,58)/b40-36+. The van der Waals surface area contributed by atoms with Crippen LogP contribution in [-0.2, 0) is 23.8 Å². The van der Waals surface area contributed by atoms with Crippen LogP contribution >= 0.6 is 0 Å². The molecule has 0 bridgehead atoms. The van der Waals surface area contributed by atoms with Crippen molar-refractivity contribution >= 4 is 11.9 Å². The van der Waals surface area contributed by atoms with Crippen molar-refractivity contribution < 1.29 is 49.3 Å². The summed E-state index contributed by atoms with van der Waals surface area (Å²) < 4.78 is 16.7. The summed E-state index contributed by atoms with van der Waals surface area (Å²) in [6.07, 6.45) is 40.1. The number of unbranched alkanes of at least 4 members (excludes halogenated alkanes) is 33. The number of esters is 1. The summed E-state index contributed by atoms with van der Waals surface area (Å²) in [7, 11) is 0. The van der Waals surface area contributed by atoms with Gasteiger partial charge >= 0.3 is 5.97 Å². The molecule has 1 amide bonds. The van der Waals surface area contributed by atoms with E-state index in [0.29, 0.717) is 19.4 Å². The van der Waals surface area contributed by atoms with Crippen molar-refractivity contribution in [3.05, 3.63) is 12.2 Å². The number of hydrogen-bond acceptors (Lipinski definition) is 10. The highest BCUT2D eigenvalue weighted by molar-refractivity contribution is 5.76. The predicted molar refractivity (Wildman–Crippen MR) is 265 cm³/mol. The first-order valence-electron chi connectivity index (χ1n) is 27.5. The molecule has 6 N–H and O–H groups in total. The zero-order chi connectivity index (χ0) is 47.4. The van der Waals surface area contributed by atoms with Crippen LogP contribution in [0.15, 0.2) is 12.2 Å². The Labute approximate surface area is 398 Å². The Morgan fingerprint density at radius 2 is 0.969 bits per heavy atom. The Balaban J connectivity index is 2.08. The number of aliphatic hydroxyl groups excluding tert-OH is 5. The topological polar surface area (TPSA) is 175 Å². The van der Waals surface area contributed by atoms with Gasteiger partial charge in [0, 0.05) is 12.8 Å². The van der Waals surface area contributed by atoms with Gasteiger partial charge in [-0.3, -0.25) is 9.59 Å². The molecule has 0 spiro atoms. The first kappa shape index (κ1) is 61.4. The minimum Gasteiger partial charge on any atom is -0.466 e. The zero-order valence-electron chi connectivity index (χ0n) is 42.0. The van der Waals surface area contributed by atoms with Gasteiger partial charge in [-0.2, -0.15) is 0 Å². The van der Waals surface area contributed by atoms with E-state index in [1.807, 2.05) is 6.08 Å². The fourth-order valence-corrected chi connectivity index (χ4v) is 8.73. The van der Waals surface area contributed by atoms with Gasteiger partial charge < -0.3 is 45.1 Å². The highest BCUT2D eigenvalue weighted by atomic mass is 16.7. The summed E-state index contributed by atoms with van der Waals surface area (Å²) in [6.45, 7) is 4.28. The maximum atomic E-state index is 13.0. The van der Waals surface area contributed by atoms with E-state index in [9.17, 15) is 35.1 Å². The number of amides is 1. The van der Waals surface area contributed by atoms with E-state index in [-0.39, 0.29) is 18.5 Å². The van der Waals surface area contributed by atoms with Gasteiger partial charge in [-0.05, 0) is 32.1 Å². The largest absolute Gasteiger partial charge is 0.466 e. The monoisotopic (exact) mass is 926 g/mol. The Hall–Kier alpha value is -1.60. The lowest BCUT2D eigenvalue weighted by Crippen LogP contribution is -2.60. The van der Waals surface area contributed by atoms with Gasteiger partial charge in [0.15, 0.2) is 6.29 Å². The van der Waals surface area contributed by atoms with Crippen LogP contribution in [-0.4, -0.2) is 100 Å². The number of aliphatic hydroxyl groups is 5. The SMILES string of the molecule is CCCCCCCCC/C=C/C(O)C(COC1OC(CO)C(O)C(O)C1O)NC(=O)CCCCCCCCCCCCCCCOC(=O)CCCCCCCCCCCCCCCCC. The van der Waals surface area contributed by atoms with Gasteiger partial charge in [-0.1, -0.05) is 225 Å². The molecule has 1 fully saturated rings. The Kier molecular flexibility index (Phi) is 42.4. The molecule has 1 heterocycles. The number of ether oxygens (including phenoxy) is 3. The van der Waals surface area contributed by atoms with Crippen LogP contribution in [0.4, 0.5) is 0 Å². The first-order chi connectivity index (χ1) is 31.7. The maximum absolute atomic E-state index is 13.0. The van der Waals surface area contributed by atoms with E-state index < -0.39 is 49.5 Å². The van der Waals surface area contributed by atoms with Crippen molar-refractivity contribution in [3.8, 4) is 0 Å². The number of carbonyl (C=O) groups excluding carboxylic acids is 2. The molecule has 0 radical (unpaired) electrons. The summed E-state index contributed by atoms with van der Waals surface area (Å²) in [5.74, 6) is -0.221. The summed E-state index contributed by atoms with van der Waals surface area (Å²) in [5.41, 5.74) is 0. The van der Waals surface area contributed by atoms with Crippen LogP contribution in [0.25, 0.3) is 0 Å². The molecule has 1 rings (SSSR count). The third-order valence-corrected chi connectivity index (χ3v) is 13.2. The van der Waals surface area contributed by atoms with E-state index >= 15 is 0 Å². The molecule has 0 aromatic rings. The van der Waals surface area contributed by atoms with Crippen molar-refractivity contribution in [3.63, 3.8) is 0 Å². The molecular formula is C54H103NO10. The molecule has 11 nitrogen and oxygen atoms in total. The second-order valence-corrected chi connectivity index (χ2v) is 19.3. The zero-order valence-corrected chi connectivity index (χ0v) is 42.0. The predicted octanol–water partition coefficient (Wildman–Crippen LogP) is 11.6. The minimum atomic E-state index is -1.57. The molecular weight excluding hydrogens is 823 g/mol. The number of nitrogens with one attached hydrogen (secondary N) is 1. The molecule has 0 saturated carbocycles. The van der Waals surface area contributed by atoms with E-state index in [1.54, 1.807) is 6.08 Å². The van der Waals surface area contributed by atoms with Gasteiger partial charge in [-0.25, -0.2) is 0 Å². The van der Waals surface area contributed by atoms with Crippen LogP contribution in [0.2, 0.25) is 0 Å². The third kappa shape index (κ3) is 35.2. The molecule has 384 valence electrons. The van der Waals surface area contributed by atoms with Crippen LogP contribution in [0, 0.1) is 0 Å². The maximum Gasteiger partial charge on any atom is 0.305 e. The van der Waals surface area contributed by atoms with Crippen molar-refractivity contribution in [2.24, 2.45) is 0 Å². The van der Waals surface area contributed by atoms with Crippen LogP contribution in [0.5, 0.6) is 0 Å². The molecule has 0 aromatic carbocycles. The third-order valence-electron chi connectivity index (χ3n) is 13.2. The number of carbonyl (C=O) groups is 2. The fourth-order valence-electron chi connectivity index (χ4n) is 8.73. The average molecular weight is 926 g/mol. The smallest absolute Gasteiger partial charge is 0.305 e. The molecule has 1 aliphatic heterocycles. The van der Waals surface area contributed by atoms with Crippen molar-refractivity contribution in [1.29, 1.82) is 0 Å². The Morgan fingerprint density at radius 3 is 1.43 bits per heavy atom. The summed E-state index contributed by atoms with van der Waals surface area (Å²) in [5, 5.41) is 54.1. The lowest BCUT2D eigenvalue weighted by Gasteiger charge is -2.40. The Morgan fingerprint density at radius 1 is 0.554 bits per heavy atom. The van der Waals surface area contributed by atoms with Gasteiger partial charge in [0.25, 0.3) is 0 Å². The van der Waals surface area contributed by atoms with Gasteiger partial charge in [0.2, 0.25) is 5.91 Å². The molecule has 1 saturated heterocycles. The molecule has 65 heavy (non-hydrogen) atoms. The van der Waals surface area contributed by atoms with Gasteiger partial charge in [0.05, 0.1) is 32.0 Å². The van der Waals surface area contributed by atoms with E-state index in [4.69, 9.17) is 14.2 Å². The molecule has 7 unspecified atom stereocenters. The molecule has 7 atom stereocenters. The molecule has 0 aliphatic carbocycles. The second kappa shape index (κ2) is 44.9. The quantitative estimate of drug-likeness (QED) is 0.0196. The van der Waals surface area contributed by atoms with E-state index in [2.05, 4.69) is 19.2 Å². The molecule has 0 aromatic heterocycles. The number of rotatable bonds is 47. The average Bonchev–Trinajstić information content (AvgIpc) is 3.30. The highest BCUT2D eigenvalue weighted by Gasteiger charge is 2.44. The molecule has 11 heteroatoms. The fraction of sp³-hybridized carbons (Fsp3) is 0.926. The lowest BCUT2D eigenvalue weighted by molar-refractivity contribution is -0.302. The number of hydrogen-bond donors (Lipinski definition) is 6. The van der Waals surface area contributed by atoms with Crippen molar-refractivity contribution in [2.75, 3.05) is 19.8 Å². The van der Waals surface area contributed by atoms with Crippen molar-refractivity contribution in [2.45, 2.75) is 301 Å². The van der Waals surface area contributed by atoms with E-state index in [0.717, 1.165) is 70.6 Å². The van der Waals surface area contributed by atoms with Gasteiger partial charge in [0.1, 0.15) is 24.4 Å². The minimum absolute atomic E-state index is 0.0249. The summed E-state index contributed by atoms with van der Waals surface area (Å²) >= 11 is 0. The first-order valence-corrected chi connectivity index (χ1v) is 27.5. The highest BCUT2D eigenvalue weighted by Crippen LogP contribution is 2.23. The van der Waals surface area contributed by atoms with Crippen molar-refractivity contribution in [1.82, 2.24) is 5.32 Å². The normalized spacial score (nSPS) is 19.8.